The Balaban J connectivity index is 1.34. The molecule has 6 aromatic rings. The van der Waals surface area contributed by atoms with Crippen molar-refractivity contribution in [1.29, 1.82) is 0 Å². The smallest absolute Gasteiger partial charge is 0.303 e. The van der Waals surface area contributed by atoms with Crippen LogP contribution >= 0.6 is 0 Å². The number of hydrogen-bond donors (Lipinski definition) is 3. The minimum Gasteiger partial charge on any atom is -0.481 e. The van der Waals surface area contributed by atoms with Crippen molar-refractivity contribution in [3.8, 4) is 22.9 Å². The number of nitrogens with zero attached hydrogens (tertiary/aromatic N) is 4. The molecule has 1 aliphatic rings. The first-order chi connectivity index (χ1) is 23.5. The molecule has 0 saturated carbocycles. The maximum atomic E-state index is 16.1. The number of nitrogens with one attached hydrogen (secondary N) is 2. The van der Waals surface area contributed by atoms with Crippen LogP contribution in [0.5, 0.6) is 11.5 Å². The van der Waals surface area contributed by atoms with Gasteiger partial charge in [0.2, 0.25) is 0 Å². The second kappa shape index (κ2) is 12.9. The standard InChI is InChI=1S/C37H35F3N6O3/c1-37(2)13-10-22-19-46(45-44-22)20-28-25-12-15-41-31(25)17-30(39)35(28)49-23-7-8-29(38)27(16-23)36-42-18-32(43-36)24(11-14-37)26-5-3-4-21(34(26)40)6-9-33(47)48/h3-5,7-8,12,15-19,24,41H,6,9-11,13-14,20H2,1-2H3,(H,42,43)(H,47,48). The van der Waals surface area contributed by atoms with Crippen molar-refractivity contribution in [2.24, 2.45) is 5.41 Å². The maximum Gasteiger partial charge on any atom is 0.303 e. The first-order valence-corrected chi connectivity index (χ1v) is 16.2. The van der Waals surface area contributed by atoms with Crippen molar-refractivity contribution in [2.45, 2.75) is 64.8 Å². The van der Waals surface area contributed by atoms with E-state index in [-0.39, 0.29) is 47.7 Å². The predicted molar refractivity (Wildman–Crippen MR) is 177 cm³/mol. The molecule has 0 aliphatic carbocycles. The number of carboxylic acids is 1. The van der Waals surface area contributed by atoms with Gasteiger partial charge < -0.3 is 19.8 Å². The van der Waals surface area contributed by atoms with Crippen LogP contribution in [0.4, 0.5) is 13.2 Å². The molecule has 3 aromatic carbocycles. The van der Waals surface area contributed by atoms with Crippen LogP contribution in [0.3, 0.4) is 0 Å². The number of aromatic amines is 2. The van der Waals surface area contributed by atoms with Gasteiger partial charge >= 0.3 is 5.97 Å². The zero-order valence-electron chi connectivity index (χ0n) is 27.1. The van der Waals surface area contributed by atoms with Gasteiger partial charge in [-0.2, -0.15) is 0 Å². The van der Waals surface area contributed by atoms with E-state index in [1.807, 2.05) is 12.3 Å². The van der Waals surface area contributed by atoms with Crippen molar-refractivity contribution in [2.75, 3.05) is 0 Å². The number of aromatic nitrogens is 6. The normalized spacial score (nSPS) is 16.3. The van der Waals surface area contributed by atoms with Crippen molar-refractivity contribution in [3.05, 3.63) is 113 Å². The summed E-state index contributed by atoms with van der Waals surface area (Å²) in [5.74, 6) is -2.74. The number of ether oxygens (including phenoxy) is 1. The van der Waals surface area contributed by atoms with Gasteiger partial charge in [-0.3, -0.25) is 4.79 Å². The van der Waals surface area contributed by atoms with Crippen molar-refractivity contribution >= 4 is 16.9 Å². The van der Waals surface area contributed by atoms with Gasteiger partial charge in [-0.1, -0.05) is 37.3 Å². The summed E-state index contributed by atoms with van der Waals surface area (Å²) in [6, 6.07) is 12.3. The Morgan fingerprint density at radius 2 is 1.96 bits per heavy atom. The van der Waals surface area contributed by atoms with Crippen LogP contribution in [0.25, 0.3) is 22.3 Å². The maximum absolute atomic E-state index is 16.1. The number of imidazole rings is 1. The third-order valence-electron chi connectivity index (χ3n) is 9.42. The van der Waals surface area contributed by atoms with Gasteiger partial charge in [0.15, 0.2) is 11.6 Å². The summed E-state index contributed by atoms with van der Waals surface area (Å²) in [6.45, 7) is 4.48. The number of benzene rings is 3. The fourth-order valence-electron chi connectivity index (χ4n) is 6.61. The molecular weight excluding hydrogens is 633 g/mol. The number of rotatable bonds is 4. The quantitative estimate of drug-likeness (QED) is 0.174. The Labute approximate surface area is 280 Å². The van der Waals surface area contributed by atoms with Crippen molar-refractivity contribution < 1.29 is 27.8 Å². The predicted octanol–water partition coefficient (Wildman–Crippen LogP) is 8.31. The number of aryl methyl sites for hydroxylation is 2. The van der Waals surface area contributed by atoms with Crippen LogP contribution in [0.15, 0.2) is 67.1 Å². The van der Waals surface area contributed by atoms with E-state index in [9.17, 15) is 9.90 Å². The van der Waals surface area contributed by atoms with Gasteiger partial charge in [-0.05, 0) is 72.9 Å². The number of hydrogen-bond acceptors (Lipinski definition) is 5. The molecular formula is C37H35F3N6O3. The molecule has 9 nitrogen and oxygen atoms in total. The van der Waals surface area contributed by atoms with Crippen LogP contribution in [0.1, 0.15) is 73.5 Å². The molecule has 7 rings (SSSR count). The lowest BCUT2D eigenvalue weighted by molar-refractivity contribution is -0.136. The molecule has 0 amide bonds. The monoisotopic (exact) mass is 668 g/mol. The Morgan fingerprint density at radius 3 is 2.80 bits per heavy atom. The van der Waals surface area contributed by atoms with Gasteiger partial charge in [-0.15, -0.1) is 5.10 Å². The second-order valence-corrected chi connectivity index (χ2v) is 13.4. The van der Waals surface area contributed by atoms with Gasteiger partial charge in [0.05, 0.1) is 17.8 Å². The van der Waals surface area contributed by atoms with Crippen LogP contribution in [-0.2, 0) is 24.2 Å². The Morgan fingerprint density at radius 1 is 1.10 bits per heavy atom. The minimum atomic E-state index is -1.01. The van der Waals surface area contributed by atoms with Crippen LogP contribution in [0, 0.1) is 22.9 Å². The molecule has 1 unspecified atom stereocenters. The highest BCUT2D eigenvalue weighted by Crippen LogP contribution is 2.40. The second-order valence-electron chi connectivity index (χ2n) is 13.4. The fourth-order valence-corrected chi connectivity index (χ4v) is 6.61. The molecule has 3 aromatic heterocycles. The number of fused-ring (bicyclic) bond motifs is 10. The molecule has 49 heavy (non-hydrogen) atoms. The Hall–Kier alpha value is -5.39. The zero-order chi connectivity index (χ0) is 34.3. The lowest BCUT2D eigenvalue weighted by atomic mass is 9.78. The van der Waals surface area contributed by atoms with Gasteiger partial charge in [0.25, 0.3) is 0 Å². The molecule has 12 heteroatoms. The van der Waals surface area contributed by atoms with E-state index in [0.29, 0.717) is 47.2 Å². The summed E-state index contributed by atoms with van der Waals surface area (Å²) in [7, 11) is 0. The molecule has 0 fully saturated rings. The van der Waals surface area contributed by atoms with Crippen molar-refractivity contribution in [1.82, 2.24) is 29.9 Å². The van der Waals surface area contributed by atoms with Gasteiger partial charge in [0.1, 0.15) is 23.2 Å². The molecule has 0 saturated heterocycles. The number of H-pyrrole nitrogens is 2. The fraction of sp³-hybridized carbons (Fsp3) is 0.297. The van der Waals surface area contributed by atoms with Gasteiger partial charge in [0, 0.05) is 59.2 Å². The van der Waals surface area contributed by atoms with E-state index in [4.69, 9.17) is 4.74 Å². The summed E-state index contributed by atoms with van der Waals surface area (Å²) in [5.41, 5.74) is 3.15. The third-order valence-corrected chi connectivity index (χ3v) is 9.42. The van der Waals surface area contributed by atoms with E-state index in [2.05, 4.69) is 39.1 Å². The third kappa shape index (κ3) is 6.67. The van der Waals surface area contributed by atoms with E-state index in [1.165, 1.54) is 24.3 Å². The number of halogens is 3. The number of carboxylic acid groups (broad SMARTS) is 1. The summed E-state index contributed by atoms with van der Waals surface area (Å²) in [4.78, 5) is 22.0. The molecule has 1 aliphatic heterocycles. The number of carbonyl (C=O) groups is 1. The summed E-state index contributed by atoms with van der Waals surface area (Å²) in [6.07, 6.45) is 7.66. The van der Waals surface area contributed by atoms with E-state index >= 15 is 13.2 Å². The molecule has 0 spiro atoms. The van der Waals surface area contributed by atoms with Crippen LogP contribution in [-0.4, -0.2) is 41.0 Å². The van der Waals surface area contributed by atoms with Crippen LogP contribution < -0.4 is 4.74 Å². The summed E-state index contributed by atoms with van der Waals surface area (Å²) >= 11 is 0. The molecule has 1 atom stereocenters. The molecule has 6 bridgehead atoms. The Bertz CT molecular complexity index is 2170. The topological polar surface area (TPSA) is 122 Å². The highest BCUT2D eigenvalue weighted by Gasteiger charge is 2.28. The molecule has 0 radical (unpaired) electrons. The van der Waals surface area contributed by atoms with Gasteiger partial charge in [-0.25, -0.2) is 22.8 Å². The first kappa shape index (κ1) is 32.2. The highest BCUT2D eigenvalue weighted by molar-refractivity contribution is 5.85. The van der Waals surface area contributed by atoms with E-state index in [1.54, 1.807) is 35.3 Å². The zero-order valence-corrected chi connectivity index (χ0v) is 27.1. The van der Waals surface area contributed by atoms with E-state index < -0.39 is 29.3 Å². The SMILES string of the molecule is CC1(C)CCc2cn(nn2)Cc2c(c(F)cc3[nH]ccc23)Oc2ccc(F)c(c2)-c2ncc([nH]2)C(c2cccc(CCC(=O)O)c2F)CC1. The molecule has 252 valence electrons. The largest absolute Gasteiger partial charge is 0.481 e. The molecule has 3 N–H and O–H groups in total. The average molecular weight is 669 g/mol. The van der Waals surface area contributed by atoms with E-state index in [0.717, 1.165) is 17.5 Å². The Kier molecular flexibility index (Phi) is 8.47. The minimum absolute atomic E-state index is 0.0146. The number of aliphatic carboxylic acids is 1. The first-order valence-electron chi connectivity index (χ1n) is 16.2. The average Bonchev–Trinajstić information content (AvgIpc) is 3.84. The molecule has 4 heterocycles. The lowest BCUT2D eigenvalue weighted by Crippen LogP contribution is -2.16. The van der Waals surface area contributed by atoms with Crippen molar-refractivity contribution in [3.63, 3.8) is 0 Å². The lowest BCUT2D eigenvalue weighted by Gasteiger charge is -2.27. The summed E-state index contributed by atoms with van der Waals surface area (Å²) < 4.78 is 55.0. The van der Waals surface area contributed by atoms with Crippen LogP contribution in [0.2, 0.25) is 0 Å². The summed E-state index contributed by atoms with van der Waals surface area (Å²) in [5, 5.41) is 18.7. The highest BCUT2D eigenvalue weighted by atomic mass is 19.1.